The van der Waals surface area contributed by atoms with Crippen LogP contribution in [-0.4, -0.2) is 49.6 Å². The van der Waals surface area contributed by atoms with Gasteiger partial charge in [-0.15, -0.1) is 0 Å². The summed E-state index contributed by atoms with van der Waals surface area (Å²) in [6.45, 7) is 3.18. The lowest BCUT2D eigenvalue weighted by Crippen LogP contribution is -2.43. The molecule has 1 saturated heterocycles. The number of hydrogen-bond acceptors (Lipinski definition) is 4. The monoisotopic (exact) mass is 360 g/mol. The van der Waals surface area contributed by atoms with Crippen LogP contribution >= 0.6 is 11.6 Å². The van der Waals surface area contributed by atoms with Crippen molar-refractivity contribution in [2.75, 3.05) is 31.2 Å². The van der Waals surface area contributed by atoms with Gasteiger partial charge in [0.25, 0.3) is 0 Å². The van der Waals surface area contributed by atoms with Crippen molar-refractivity contribution in [3.05, 3.63) is 23.0 Å². The van der Waals surface area contributed by atoms with Gasteiger partial charge in [0.05, 0.1) is 17.6 Å². The zero-order valence-corrected chi connectivity index (χ0v) is 14.7. The predicted octanol–water partition coefficient (Wildman–Crippen LogP) is 1.84. The topological polar surface area (TPSA) is 91.4 Å². The summed E-state index contributed by atoms with van der Waals surface area (Å²) >= 11 is 5.77. The molecule has 0 aliphatic carbocycles. The highest BCUT2D eigenvalue weighted by Gasteiger charge is 2.26. The second kappa shape index (κ2) is 7.46. The van der Waals surface area contributed by atoms with E-state index in [-0.39, 0.29) is 11.9 Å². The molecule has 1 aromatic heterocycles. The molecule has 7 nitrogen and oxygen atoms in total. The van der Waals surface area contributed by atoms with Crippen LogP contribution in [0.3, 0.4) is 0 Å². The van der Waals surface area contributed by atoms with Gasteiger partial charge in [-0.25, -0.2) is 22.5 Å². The summed E-state index contributed by atoms with van der Waals surface area (Å²) in [5, 5.41) is 5.87. The SMILES string of the molecule is Cc1nc(Cl)ccc1NC(=O)NC[C@H]1CCCN(S(C)(=O)=O)C1. The lowest BCUT2D eigenvalue weighted by Gasteiger charge is -2.30. The smallest absolute Gasteiger partial charge is 0.319 e. The van der Waals surface area contributed by atoms with E-state index in [1.807, 2.05) is 0 Å². The Balaban J connectivity index is 1.84. The highest BCUT2D eigenvalue weighted by Crippen LogP contribution is 2.18. The number of carbonyl (C=O) groups excluding carboxylic acids is 1. The average molecular weight is 361 g/mol. The second-order valence-electron chi connectivity index (χ2n) is 5.73. The van der Waals surface area contributed by atoms with E-state index in [2.05, 4.69) is 15.6 Å². The zero-order valence-electron chi connectivity index (χ0n) is 13.2. The summed E-state index contributed by atoms with van der Waals surface area (Å²) in [6, 6.07) is 2.96. The molecule has 128 valence electrons. The number of carbonyl (C=O) groups is 1. The van der Waals surface area contributed by atoms with Crippen LogP contribution in [0.5, 0.6) is 0 Å². The molecule has 1 fully saturated rings. The second-order valence-corrected chi connectivity index (χ2v) is 8.10. The number of piperidine rings is 1. The number of hydrogen-bond donors (Lipinski definition) is 2. The average Bonchev–Trinajstić information content (AvgIpc) is 2.47. The van der Waals surface area contributed by atoms with Crippen LogP contribution < -0.4 is 10.6 Å². The van der Waals surface area contributed by atoms with E-state index < -0.39 is 10.0 Å². The minimum absolute atomic E-state index is 0.119. The van der Waals surface area contributed by atoms with Crippen molar-refractivity contribution in [3.8, 4) is 0 Å². The summed E-state index contributed by atoms with van der Waals surface area (Å²) in [5.41, 5.74) is 1.22. The van der Waals surface area contributed by atoms with Crippen molar-refractivity contribution in [1.82, 2.24) is 14.6 Å². The first kappa shape index (κ1) is 18.0. The van der Waals surface area contributed by atoms with Crippen LogP contribution in [0, 0.1) is 12.8 Å². The number of nitrogens with one attached hydrogen (secondary N) is 2. The van der Waals surface area contributed by atoms with Gasteiger partial charge in [0.15, 0.2) is 0 Å². The molecule has 0 unspecified atom stereocenters. The summed E-state index contributed by atoms with van der Waals surface area (Å²) in [5.74, 6) is 0.119. The molecule has 1 aliphatic rings. The van der Waals surface area contributed by atoms with Gasteiger partial charge >= 0.3 is 6.03 Å². The highest BCUT2D eigenvalue weighted by atomic mass is 35.5. The van der Waals surface area contributed by atoms with E-state index in [0.29, 0.717) is 36.2 Å². The molecule has 2 heterocycles. The summed E-state index contributed by atoms with van der Waals surface area (Å²) in [7, 11) is -3.17. The van der Waals surface area contributed by atoms with Crippen molar-refractivity contribution in [2.24, 2.45) is 5.92 Å². The Morgan fingerprint density at radius 3 is 2.87 bits per heavy atom. The van der Waals surface area contributed by atoms with E-state index in [9.17, 15) is 13.2 Å². The van der Waals surface area contributed by atoms with Gasteiger partial charge in [-0.05, 0) is 37.8 Å². The van der Waals surface area contributed by atoms with E-state index in [0.717, 1.165) is 12.8 Å². The summed E-state index contributed by atoms with van der Waals surface area (Å²) in [6.07, 6.45) is 2.92. The highest BCUT2D eigenvalue weighted by molar-refractivity contribution is 7.88. The standard InChI is InChI=1S/C14H21ClN4O3S/c1-10-12(5-6-13(15)17-10)18-14(20)16-8-11-4-3-7-19(9-11)23(2,21)22/h5-6,11H,3-4,7-9H2,1-2H3,(H2,16,18,20)/t11-/m1/s1. The third-order valence-corrected chi connectivity index (χ3v) is 5.28. The quantitative estimate of drug-likeness (QED) is 0.801. The minimum Gasteiger partial charge on any atom is -0.338 e. The van der Waals surface area contributed by atoms with E-state index in [4.69, 9.17) is 11.6 Å². The van der Waals surface area contributed by atoms with Gasteiger partial charge in [-0.3, -0.25) is 0 Å². The van der Waals surface area contributed by atoms with E-state index in [1.54, 1.807) is 19.1 Å². The van der Waals surface area contributed by atoms with Crippen LogP contribution in [-0.2, 0) is 10.0 Å². The number of aryl methyl sites for hydroxylation is 1. The van der Waals surface area contributed by atoms with Crippen molar-refractivity contribution in [2.45, 2.75) is 19.8 Å². The fourth-order valence-electron chi connectivity index (χ4n) is 2.56. The molecule has 0 saturated carbocycles. The Morgan fingerprint density at radius 2 is 2.22 bits per heavy atom. The fourth-order valence-corrected chi connectivity index (χ4v) is 3.69. The molecule has 0 radical (unpaired) electrons. The fraction of sp³-hybridized carbons (Fsp3) is 0.571. The van der Waals surface area contributed by atoms with Crippen LogP contribution in [0.25, 0.3) is 0 Å². The Bertz CT molecular complexity index is 681. The Morgan fingerprint density at radius 1 is 1.48 bits per heavy atom. The lowest BCUT2D eigenvalue weighted by atomic mass is 10.00. The molecule has 9 heteroatoms. The van der Waals surface area contributed by atoms with Crippen LogP contribution in [0.15, 0.2) is 12.1 Å². The van der Waals surface area contributed by atoms with Crippen molar-refractivity contribution in [1.29, 1.82) is 0 Å². The number of amides is 2. The molecular weight excluding hydrogens is 340 g/mol. The van der Waals surface area contributed by atoms with Gasteiger partial charge in [-0.2, -0.15) is 0 Å². The lowest BCUT2D eigenvalue weighted by molar-refractivity contribution is 0.239. The molecule has 0 bridgehead atoms. The number of urea groups is 1. The number of halogens is 1. The van der Waals surface area contributed by atoms with Gasteiger partial charge in [0.2, 0.25) is 10.0 Å². The maximum atomic E-state index is 12.0. The first-order valence-corrected chi connectivity index (χ1v) is 9.61. The number of anilines is 1. The van der Waals surface area contributed by atoms with E-state index in [1.165, 1.54) is 10.6 Å². The largest absolute Gasteiger partial charge is 0.338 e. The summed E-state index contributed by atoms with van der Waals surface area (Å²) in [4.78, 5) is 16.0. The molecular formula is C14H21ClN4O3S. The van der Waals surface area contributed by atoms with Crippen molar-refractivity contribution >= 4 is 33.3 Å². The number of aromatic nitrogens is 1. The van der Waals surface area contributed by atoms with Crippen LogP contribution in [0.1, 0.15) is 18.5 Å². The number of rotatable bonds is 4. The Hall–Kier alpha value is -1.38. The third-order valence-electron chi connectivity index (χ3n) is 3.80. The van der Waals surface area contributed by atoms with Gasteiger partial charge < -0.3 is 10.6 Å². The van der Waals surface area contributed by atoms with Crippen LogP contribution in [0.4, 0.5) is 10.5 Å². The molecule has 2 rings (SSSR count). The minimum atomic E-state index is -3.17. The molecule has 2 N–H and O–H groups in total. The molecule has 1 aliphatic heterocycles. The first-order valence-electron chi connectivity index (χ1n) is 7.39. The number of nitrogens with zero attached hydrogens (tertiary/aromatic N) is 2. The number of sulfonamides is 1. The molecule has 23 heavy (non-hydrogen) atoms. The molecule has 0 aromatic carbocycles. The van der Waals surface area contributed by atoms with E-state index >= 15 is 0 Å². The maximum absolute atomic E-state index is 12.0. The Labute approximate surface area is 141 Å². The summed E-state index contributed by atoms with van der Waals surface area (Å²) < 4.78 is 24.6. The Kier molecular flexibility index (Phi) is 5.83. The van der Waals surface area contributed by atoms with Crippen molar-refractivity contribution < 1.29 is 13.2 Å². The molecule has 0 spiro atoms. The van der Waals surface area contributed by atoms with Gasteiger partial charge in [0.1, 0.15) is 5.15 Å². The van der Waals surface area contributed by atoms with Crippen molar-refractivity contribution in [3.63, 3.8) is 0 Å². The normalized spacial score (nSPS) is 19.3. The number of pyridine rings is 1. The van der Waals surface area contributed by atoms with Crippen LogP contribution in [0.2, 0.25) is 5.15 Å². The molecule has 1 atom stereocenters. The van der Waals surface area contributed by atoms with Gasteiger partial charge in [0, 0.05) is 19.6 Å². The molecule has 1 aromatic rings. The maximum Gasteiger partial charge on any atom is 0.319 e. The first-order chi connectivity index (χ1) is 10.8. The predicted molar refractivity (Wildman–Crippen MR) is 90.1 cm³/mol. The zero-order chi connectivity index (χ0) is 17.0. The third kappa shape index (κ3) is 5.33. The van der Waals surface area contributed by atoms with Gasteiger partial charge in [-0.1, -0.05) is 11.6 Å². The molecule has 2 amide bonds.